The third kappa shape index (κ3) is 3.38. The Morgan fingerprint density at radius 2 is 2.26 bits per heavy atom. The fourth-order valence-corrected chi connectivity index (χ4v) is 2.47. The molecule has 0 aromatic carbocycles. The summed E-state index contributed by atoms with van der Waals surface area (Å²) < 4.78 is 10.3. The lowest BCUT2D eigenvalue weighted by Gasteiger charge is -2.23. The Hall–Kier alpha value is -1.29. The molecule has 0 saturated heterocycles. The average Bonchev–Trinajstić information content (AvgIpc) is 3.17. The van der Waals surface area contributed by atoms with Crippen molar-refractivity contribution in [3.8, 4) is 0 Å². The lowest BCUT2D eigenvalue weighted by atomic mass is 9.94. The van der Waals surface area contributed by atoms with Crippen LogP contribution in [0.2, 0.25) is 0 Å². The number of rotatable bonds is 7. The number of nitrogens with one attached hydrogen (secondary N) is 1. The second kappa shape index (κ2) is 6.24. The summed E-state index contributed by atoms with van der Waals surface area (Å²) in [5.41, 5.74) is 0. The highest BCUT2D eigenvalue weighted by Gasteiger charge is 2.35. The van der Waals surface area contributed by atoms with E-state index in [9.17, 15) is 4.79 Å². The molecule has 0 spiro atoms. The van der Waals surface area contributed by atoms with Crippen LogP contribution < -0.4 is 5.32 Å². The van der Waals surface area contributed by atoms with Crippen LogP contribution in [0.3, 0.4) is 0 Å². The van der Waals surface area contributed by atoms with Gasteiger partial charge in [-0.3, -0.25) is 0 Å². The number of ether oxygens (including phenoxy) is 1. The summed E-state index contributed by atoms with van der Waals surface area (Å²) in [5, 5.41) is 3.53. The molecular weight excluding hydrogens is 242 g/mol. The minimum Gasteiger partial charge on any atom is -0.463 e. The first-order chi connectivity index (χ1) is 9.17. The molecule has 2 rings (SSSR count). The Kier molecular flexibility index (Phi) is 4.64. The normalized spacial score (nSPS) is 18.1. The number of furan rings is 1. The third-order valence-electron chi connectivity index (χ3n) is 3.83. The summed E-state index contributed by atoms with van der Waals surface area (Å²) in [6, 6.07) is 3.77. The lowest BCUT2D eigenvalue weighted by Crippen LogP contribution is -2.28. The highest BCUT2D eigenvalue weighted by molar-refractivity contribution is 5.86. The molecule has 1 aromatic rings. The first-order valence-corrected chi connectivity index (χ1v) is 7.08. The first-order valence-electron chi connectivity index (χ1n) is 7.08. The molecule has 106 valence electrons. The van der Waals surface area contributed by atoms with Crippen molar-refractivity contribution in [2.45, 2.75) is 39.2 Å². The van der Waals surface area contributed by atoms with Gasteiger partial charge in [-0.15, -0.1) is 0 Å². The first kappa shape index (κ1) is 14.1. The van der Waals surface area contributed by atoms with Crippen LogP contribution in [0.1, 0.15) is 55.5 Å². The van der Waals surface area contributed by atoms with Gasteiger partial charge >= 0.3 is 5.97 Å². The molecule has 0 amide bonds. The average molecular weight is 265 g/mol. The van der Waals surface area contributed by atoms with E-state index in [0.717, 1.165) is 24.6 Å². The molecule has 19 heavy (non-hydrogen) atoms. The Morgan fingerprint density at radius 1 is 1.53 bits per heavy atom. The van der Waals surface area contributed by atoms with Gasteiger partial charge in [0, 0.05) is 0 Å². The standard InChI is InChI=1S/C15H23NO3/c1-4-9-16-14(10(2)11-5-6-11)12-7-8-13(19-12)15(17)18-3/h7-8,10-11,14,16H,4-6,9H2,1-3H3. The molecule has 1 aromatic heterocycles. The molecular formula is C15H23NO3. The molecule has 4 nitrogen and oxygen atoms in total. The van der Waals surface area contributed by atoms with Crippen LogP contribution in [-0.2, 0) is 4.74 Å². The van der Waals surface area contributed by atoms with Crippen molar-refractivity contribution in [2.75, 3.05) is 13.7 Å². The van der Waals surface area contributed by atoms with Crippen molar-refractivity contribution in [3.63, 3.8) is 0 Å². The minimum absolute atomic E-state index is 0.186. The van der Waals surface area contributed by atoms with Gasteiger partial charge in [0.2, 0.25) is 5.76 Å². The van der Waals surface area contributed by atoms with Gasteiger partial charge in [-0.2, -0.15) is 0 Å². The Morgan fingerprint density at radius 3 is 2.84 bits per heavy atom. The number of carbonyl (C=O) groups is 1. The number of hydrogen-bond acceptors (Lipinski definition) is 4. The maximum atomic E-state index is 11.4. The minimum atomic E-state index is -0.417. The topological polar surface area (TPSA) is 51.5 Å². The third-order valence-corrected chi connectivity index (χ3v) is 3.83. The lowest BCUT2D eigenvalue weighted by molar-refractivity contribution is 0.0560. The fourth-order valence-electron chi connectivity index (χ4n) is 2.47. The predicted octanol–water partition coefficient (Wildman–Crippen LogP) is 3.15. The summed E-state index contributed by atoms with van der Waals surface area (Å²) in [5.74, 6) is 2.01. The van der Waals surface area contributed by atoms with Crippen molar-refractivity contribution < 1.29 is 13.9 Å². The van der Waals surface area contributed by atoms with Gasteiger partial charge in [0.05, 0.1) is 13.2 Å². The van der Waals surface area contributed by atoms with Crippen LogP contribution in [0.5, 0.6) is 0 Å². The Labute approximate surface area is 114 Å². The zero-order valence-corrected chi connectivity index (χ0v) is 11.9. The monoisotopic (exact) mass is 265 g/mol. The molecule has 0 radical (unpaired) electrons. The maximum Gasteiger partial charge on any atom is 0.373 e. The Balaban J connectivity index is 2.12. The van der Waals surface area contributed by atoms with E-state index in [1.807, 2.05) is 6.07 Å². The molecule has 2 atom stereocenters. The Bertz CT molecular complexity index is 423. The maximum absolute atomic E-state index is 11.4. The smallest absolute Gasteiger partial charge is 0.373 e. The van der Waals surface area contributed by atoms with Crippen LogP contribution in [0.25, 0.3) is 0 Å². The van der Waals surface area contributed by atoms with E-state index in [1.54, 1.807) is 6.07 Å². The zero-order chi connectivity index (χ0) is 13.8. The molecule has 1 saturated carbocycles. The van der Waals surface area contributed by atoms with Gasteiger partial charge in [0.25, 0.3) is 0 Å². The van der Waals surface area contributed by atoms with E-state index in [2.05, 4.69) is 23.9 Å². The van der Waals surface area contributed by atoms with Crippen LogP contribution in [0, 0.1) is 11.8 Å². The van der Waals surface area contributed by atoms with Crippen molar-refractivity contribution >= 4 is 5.97 Å². The van der Waals surface area contributed by atoms with E-state index in [-0.39, 0.29) is 11.8 Å². The summed E-state index contributed by atoms with van der Waals surface area (Å²) >= 11 is 0. The SMILES string of the molecule is CCCNC(c1ccc(C(=O)OC)o1)C(C)C1CC1. The van der Waals surface area contributed by atoms with Crippen LogP contribution in [-0.4, -0.2) is 19.6 Å². The van der Waals surface area contributed by atoms with Gasteiger partial charge in [-0.1, -0.05) is 13.8 Å². The molecule has 1 N–H and O–H groups in total. The van der Waals surface area contributed by atoms with Gasteiger partial charge < -0.3 is 14.5 Å². The van der Waals surface area contributed by atoms with Crippen LogP contribution in [0.15, 0.2) is 16.5 Å². The van der Waals surface area contributed by atoms with Gasteiger partial charge in [0.1, 0.15) is 5.76 Å². The molecule has 1 heterocycles. The molecule has 1 aliphatic carbocycles. The van der Waals surface area contributed by atoms with Crippen LogP contribution >= 0.6 is 0 Å². The quantitative estimate of drug-likeness (QED) is 0.769. The highest BCUT2D eigenvalue weighted by Crippen LogP contribution is 2.42. The van der Waals surface area contributed by atoms with E-state index in [4.69, 9.17) is 4.42 Å². The second-order valence-electron chi connectivity index (χ2n) is 5.32. The molecule has 0 aliphatic heterocycles. The van der Waals surface area contributed by atoms with Gasteiger partial charge in [0.15, 0.2) is 0 Å². The number of hydrogen-bond donors (Lipinski definition) is 1. The van der Waals surface area contributed by atoms with E-state index < -0.39 is 5.97 Å². The van der Waals surface area contributed by atoms with E-state index >= 15 is 0 Å². The van der Waals surface area contributed by atoms with E-state index in [0.29, 0.717) is 5.92 Å². The molecule has 1 aliphatic rings. The molecule has 2 unspecified atom stereocenters. The van der Waals surface area contributed by atoms with Crippen molar-refractivity contribution in [3.05, 3.63) is 23.7 Å². The largest absolute Gasteiger partial charge is 0.463 e. The summed E-state index contributed by atoms with van der Waals surface area (Å²) in [6.07, 6.45) is 3.69. The van der Waals surface area contributed by atoms with Crippen molar-refractivity contribution in [2.24, 2.45) is 11.8 Å². The molecule has 0 bridgehead atoms. The summed E-state index contributed by atoms with van der Waals surface area (Å²) in [4.78, 5) is 11.4. The fraction of sp³-hybridized carbons (Fsp3) is 0.667. The number of esters is 1. The highest BCUT2D eigenvalue weighted by atomic mass is 16.5. The summed E-state index contributed by atoms with van der Waals surface area (Å²) in [7, 11) is 1.37. The van der Waals surface area contributed by atoms with Crippen molar-refractivity contribution in [1.29, 1.82) is 0 Å². The zero-order valence-electron chi connectivity index (χ0n) is 11.9. The van der Waals surface area contributed by atoms with Crippen molar-refractivity contribution in [1.82, 2.24) is 5.32 Å². The van der Waals surface area contributed by atoms with Crippen LogP contribution in [0.4, 0.5) is 0 Å². The molecule has 4 heteroatoms. The predicted molar refractivity (Wildman–Crippen MR) is 73.0 cm³/mol. The number of carbonyl (C=O) groups excluding carboxylic acids is 1. The second-order valence-corrected chi connectivity index (χ2v) is 5.32. The molecule has 1 fully saturated rings. The van der Waals surface area contributed by atoms with Gasteiger partial charge in [-0.25, -0.2) is 4.79 Å². The summed E-state index contributed by atoms with van der Waals surface area (Å²) in [6.45, 7) is 5.36. The van der Waals surface area contributed by atoms with Gasteiger partial charge in [-0.05, 0) is 49.8 Å². The number of methoxy groups -OCH3 is 1. The van der Waals surface area contributed by atoms with E-state index in [1.165, 1.54) is 20.0 Å².